The molecule has 1 saturated heterocycles. The zero-order chi connectivity index (χ0) is 34.5. The Labute approximate surface area is 279 Å². The zero-order valence-corrected chi connectivity index (χ0v) is 26.9. The van der Waals surface area contributed by atoms with Crippen LogP contribution in [0.3, 0.4) is 0 Å². The van der Waals surface area contributed by atoms with E-state index in [1.165, 1.54) is 15.8 Å². The molecule has 4 heterocycles. The van der Waals surface area contributed by atoms with Gasteiger partial charge < -0.3 is 19.7 Å². The highest BCUT2D eigenvalue weighted by Crippen LogP contribution is 2.32. The molecule has 1 aliphatic rings. The lowest BCUT2D eigenvalue weighted by molar-refractivity contribution is -0.137. The van der Waals surface area contributed by atoms with Gasteiger partial charge in [0.2, 0.25) is 5.91 Å². The summed E-state index contributed by atoms with van der Waals surface area (Å²) in [6.07, 6.45) is 2.86. The van der Waals surface area contributed by atoms with Crippen molar-refractivity contribution in [3.63, 3.8) is 0 Å². The van der Waals surface area contributed by atoms with Crippen molar-refractivity contribution in [2.75, 3.05) is 31.6 Å². The van der Waals surface area contributed by atoms with Crippen LogP contribution in [-0.4, -0.2) is 72.7 Å². The number of aryl methyl sites for hydroxylation is 1. The van der Waals surface area contributed by atoms with Crippen LogP contribution >= 0.6 is 0 Å². The Balaban J connectivity index is 1.25. The average molecular weight is 679 g/mol. The van der Waals surface area contributed by atoms with Gasteiger partial charge in [-0.25, -0.2) is 37.5 Å². The fraction of sp³-hybridized carbons (Fsp3) is 0.353. The summed E-state index contributed by atoms with van der Waals surface area (Å²) in [4.78, 5) is 31.8. The summed E-state index contributed by atoms with van der Waals surface area (Å²) in [5, 5.41) is 8.47. The van der Waals surface area contributed by atoms with Crippen LogP contribution in [0.15, 0.2) is 54.9 Å². The SMILES string of the molecule is CCOc1cc(F)c(Cn2nc(-c3ncc(OCCCC(=O)N4CCC(F)(F)CC4)c(Nc4ccnc(C)n4)n3)c3ccccc32)c(F)c1. The third-order valence-corrected chi connectivity index (χ3v) is 8.02. The van der Waals surface area contributed by atoms with E-state index in [0.29, 0.717) is 34.7 Å². The van der Waals surface area contributed by atoms with Gasteiger partial charge in [-0.3, -0.25) is 9.48 Å². The molecule has 2 aromatic carbocycles. The maximum absolute atomic E-state index is 15.0. The minimum Gasteiger partial charge on any atom is -0.494 e. The van der Waals surface area contributed by atoms with Gasteiger partial charge >= 0.3 is 0 Å². The summed E-state index contributed by atoms with van der Waals surface area (Å²) in [7, 11) is 0. The standard InChI is InChI=1S/C34H34F4N8O3/c1-3-48-22-17-25(35)24(26(36)18-22)20-46-27-8-5-4-7-23(27)31(44-46)33-40-19-28(32(43-33)42-29-10-13-39-21(2)41-29)49-16-6-9-30(47)45-14-11-34(37,38)12-15-45/h4-5,7-8,10,13,17-19H,3,6,9,11-12,14-16,20H2,1-2H3,(H,39,40,41,42,43). The maximum Gasteiger partial charge on any atom is 0.251 e. The van der Waals surface area contributed by atoms with E-state index < -0.39 is 17.6 Å². The highest BCUT2D eigenvalue weighted by molar-refractivity contribution is 5.92. The average Bonchev–Trinajstić information content (AvgIpc) is 3.43. The number of aromatic nitrogens is 6. The topological polar surface area (TPSA) is 120 Å². The van der Waals surface area contributed by atoms with Crippen LogP contribution in [0.1, 0.15) is 44.0 Å². The molecule has 6 rings (SSSR count). The molecular weight excluding hydrogens is 644 g/mol. The van der Waals surface area contributed by atoms with Crippen molar-refractivity contribution in [2.45, 2.75) is 52.0 Å². The van der Waals surface area contributed by atoms with E-state index in [-0.39, 0.29) is 86.7 Å². The molecule has 1 N–H and O–H groups in total. The van der Waals surface area contributed by atoms with Crippen molar-refractivity contribution < 1.29 is 31.8 Å². The lowest BCUT2D eigenvalue weighted by Gasteiger charge is -2.31. The molecule has 0 saturated carbocycles. The van der Waals surface area contributed by atoms with Gasteiger partial charge in [-0.1, -0.05) is 18.2 Å². The van der Waals surface area contributed by atoms with Crippen molar-refractivity contribution in [1.29, 1.82) is 0 Å². The molecule has 0 bridgehead atoms. The fourth-order valence-corrected chi connectivity index (χ4v) is 5.52. The predicted octanol–water partition coefficient (Wildman–Crippen LogP) is 6.48. The van der Waals surface area contributed by atoms with E-state index in [2.05, 4.69) is 25.4 Å². The molecule has 0 aliphatic carbocycles. The number of hydrogen-bond acceptors (Lipinski definition) is 9. The van der Waals surface area contributed by atoms with E-state index in [0.717, 1.165) is 12.1 Å². The van der Waals surface area contributed by atoms with Crippen LogP contribution in [-0.2, 0) is 11.3 Å². The Morgan fingerprint density at radius 1 is 1.02 bits per heavy atom. The normalized spacial score (nSPS) is 14.2. The van der Waals surface area contributed by atoms with Crippen molar-refractivity contribution >= 4 is 28.4 Å². The minimum absolute atomic E-state index is 0.0307. The number of fused-ring (bicyclic) bond motifs is 1. The maximum atomic E-state index is 15.0. The van der Waals surface area contributed by atoms with E-state index in [1.807, 2.05) is 12.1 Å². The Hall–Kier alpha value is -5.34. The highest BCUT2D eigenvalue weighted by Gasteiger charge is 2.35. The van der Waals surface area contributed by atoms with E-state index in [9.17, 15) is 13.6 Å². The number of rotatable bonds is 12. The molecule has 15 heteroatoms. The lowest BCUT2D eigenvalue weighted by Crippen LogP contribution is -2.42. The van der Waals surface area contributed by atoms with Gasteiger partial charge in [0.05, 0.1) is 31.5 Å². The molecule has 1 aliphatic heterocycles. The number of piperidine rings is 1. The number of benzene rings is 2. The van der Waals surface area contributed by atoms with Crippen LogP contribution in [0, 0.1) is 18.6 Å². The third kappa shape index (κ3) is 7.87. The summed E-state index contributed by atoms with van der Waals surface area (Å²) in [6, 6.07) is 11.2. The smallest absolute Gasteiger partial charge is 0.251 e. The Morgan fingerprint density at radius 3 is 2.51 bits per heavy atom. The first kappa shape index (κ1) is 33.6. The molecule has 5 aromatic rings. The number of para-hydroxylation sites is 1. The van der Waals surface area contributed by atoms with Crippen molar-refractivity contribution in [3.05, 3.63) is 77.9 Å². The van der Waals surface area contributed by atoms with E-state index >= 15 is 8.78 Å². The molecule has 1 amide bonds. The molecule has 11 nitrogen and oxygen atoms in total. The summed E-state index contributed by atoms with van der Waals surface area (Å²) in [6.45, 7) is 3.73. The van der Waals surface area contributed by atoms with Gasteiger partial charge in [-0.2, -0.15) is 5.10 Å². The first-order valence-electron chi connectivity index (χ1n) is 15.9. The van der Waals surface area contributed by atoms with E-state index in [4.69, 9.17) is 14.5 Å². The summed E-state index contributed by atoms with van der Waals surface area (Å²) >= 11 is 0. The summed E-state index contributed by atoms with van der Waals surface area (Å²) in [5.74, 6) is -2.64. The van der Waals surface area contributed by atoms with Crippen LogP contribution in [0.5, 0.6) is 11.5 Å². The molecule has 1 fully saturated rings. The number of amides is 1. The fourth-order valence-electron chi connectivity index (χ4n) is 5.52. The number of nitrogens with one attached hydrogen (secondary N) is 1. The molecule has 0 atom stereocenters. The first-order chi connectivity index (χ1) is 23.6. The molecule has 0 unspecified atom stereocenters. The molecule has 0 radical (unpaired) electrons. The number of hydrogen-bond donors (Lipinski definition) is 1. The highest BCUT2D eigenvalue weighted by atomic mass is 19.3. The van der Waals surface area contributed by atoms with Crippen LogP contribution in [0.25, 0.3) is 22.4 Å². The van der Waals surface area contributed by atoms with Crippen LogP contribution < -0.4 is 14.8 Å². The first-order valence-corrected chi connectivity index (χ1v) is 15.9. The number of ether oxygens (including phenoxy) is 2. The van der Waals surface area contributed by atoms with Crippen molar-refractivity contribution in [3.8, 4) is 23.0 Å². The van der Waals surface area contributed by atoms with Gasteiger partial charge in [0.1, 0.15) is 34.7 Å². The number of halogens is 4. The van der Waals surface area contributed by atoms with Gasteiger partial charge in [0, 0.05) is 61.6 Å². The number of carbonyl (C=O) groups is 1. The molecule has 3 aromatic heterocycles. The Bertz CT molecular complexity index is 1940. The monoisotopic (exact) mass is 678 g/mol. The third-order valence-electron chi connectivity index (χ3n) is 8.02. The number of nitrogens with zero attached hydrogens (tertiary/aromatic N) is 7. The van der Waals surface area contributed by atoms with Crippen molar-refractivity contribution in [2.24, 2.45) is 0 Å². The Kier molecular flexibility index (Phi) is 9.87. The molecule has 49 heavy (non-hydrogen) atoms. The molecule has 0 spiro atoms. The van der Waals surface area contributed by atoms with Gasteiger partial charge in [0.25, 0.3) is 5.92 Å². The molecular formula is C34H34F4N8O3. The summed E-state index contributed by atoms with van der Waals surface area (Å²) < 4.78 is 69.8. The summed E-state index contributed by atoms with van der Waals surface area (Å²) in [5.41, 5.74) is 0.803. The number of likely N-dealkylation sites (tertiary alicyclic amines) is 1. The largest absolute Gasteiger partial charge is 0.494 e. The van der Waals surface area contributed by atoms with E-state index in [1.54, 1.807) is 38.2 Å². The Morgan fingerprint density at radius 2 is 1.78 bits per heavy atom. The second-order valence-electron chi connectivity index (χ2n) is 11.5. The molecule has 256 valence electrons. The second kappa shape index (κ2) is 14.4. The van der Waals surface area contributed by atoms with Crippen molar-refractivity contribution in [1.82, 2.24) is 34.6 Å². The lowest BCUT2D eigenvalue weighted by atomic mass is 10.1. The second-order valence-corrected chi connectivity index (χ2v) is 11.5. The zero-order valence-electron chi connectivity index (χ0n) is 26.9. The van der Waals surface area contributed by atoms with Gasteiger partial charge in [0.15, 0.2) is 17.4 Å². The predicted molar refractivity (Wildman–Crippen MR) is 173 cm³/mol. The van der Waals surface area contributed by atoms with Gasteiger partial charge in [-0.05, 0) is 32.4 Å². The number of alkyl halides is 2. The minimum atomic E-state index is -2.73. The quantitative estimate of drug-likeness (QED) is 0.117. The van der Waals surface area contributed by atoms with Gasteiger partial charge in [-0.15, -0.1) is 0 Å². The van der Waals surface area contributed by atoms with Crippen LogP contribution in [0.2, 0.25) is 0 Å². The van der Waals surface area contributed by atoms with Crippen LogP contribution in [0.4, 0.5) is 29.2 Å². The number of carbonyl (C=O) groups excluding carboxylic acids is 1. The number of anilines is 2.